The van der Waals surface area contributed by atoms with Crippen LogP contribution in [0.4, 0.5) is 5.69 Å². The minimum Gasteiger partial charge on any atom is -0.451 e. The van der Waals surface area contributed by atoms with Gasteiger partial charge in [-0.1, -0.05) is 41.4 Å². The number of halogens is 2. The zero-order chi connectivity index (χ0) is 18.8. The van der Waals surface area contributed by atoms with Crippen molar-refractivity contribution in [2.24, 2.45) is 0 Å². The highest BCUT2D eigenvalue weighted by molar-refractivity contribution is 6.42. The number of amides is 2. The van der Waals surface area contributed by atoms with Crippen molar-refractivity contribution >= 4 is 51.7 Å². The van der Waals surface area contributed by atoms with Gasteiger partial charge in [-0.3, -0.25) is 9.59 Å². The van der Waals surface area contributed by atoms with E-state index in [2.05, 4.69) is 5.32 Å². The molecule has 0 unspecified atom stereocenters. The fraction of sp³-hybridized carbons (Fsp3) is 0.158. The molecular weight excluding hydrogens is 375 g/mol. The molecule has 5 nitrogen and oxygen atoms in total. The topological polar surface area (TPSA) is 62.6 Å². The molecule has 0 spiro atoms. The Labute approximate surface area is 160 Å². The van der Waals surface area contributed by atoms with E-state index in [4.69, 9.17) is 27.6 Å². The number of carbonyl (C=O) groups excluding carboxylic acids is 2. The van der Waals surface area contributed by atoms with E-state index in [0.717, 1.165) is 10.9 Å². The highest BCUT2D eigenvalue weighted by Crippen LogP contribution is 2.26. The summed E-state index contributed by atoms with van der Waals surface area (Å²) in [6, 6.07) is 12.2. The number of hydrogen-bond donors (Lipinski definition) is 1. The van der Waals surface area contributed by atoms with Crippen molar-refractivity contribution in [2.75, 3.05) is 18.9 Å². The van der Waals surface area contributed by atoms with Crippen LogP contribution in [0.3, 0.4) is 0 Å². The van der Waals surface area contributed by atoms with Gasteiger partial charge in [0.2, 0.25) is 5.91 Å². The van der Waals surface area contributed by atoms with E-state index < -0.39 is 0 Å². The third kappa shape index (κ3) is 3.69. The van der Waals surface area contributed by atoms with Crippen LogP contribution in [0.5, 0.6) is 0 Å². The number of aryl methyl sites for hydroxylation is 1. The summed E-state index contributed by atoms with van der Waals surface area (Å²) < 4.78 is 5.66. The lowest BCUT2D eigenvalue weighted by Gasteiger charge is -2.16. The Morgan fingerprint density at radius 1 is 1.12 bits per heavy atom. The first-order valence-corrected chi connectivity index (χ1v) is 8.61. The normalized spacial score (nSPS) is 10.8. The number of rotatable bonds is 4. The van der Waals surface area contributed by atoms with Gasteiger partial charge in [0.1, 0.15) is 5.58 Å². The summed E-state index contributed by atoms with van der Waals surface area (Å²) in [5, 5.41) is 4.30. The van der Waals surface area contributed by atoms with Crippen LogP contribution in [0.25, 0.3) is 11.0 Å². The maximum atomic E-state index is 12.6. The van der Waals surface area contributed by atoms with Gasteiger partial charge >= 0.3 is 0 Å². The van der Waals surface area contributed by atoms with Gasteiger partial charge in [0.05, 0.1) is 16.6 Å². The second kappa shape index (κ2) is 7.40. The van der Waals surface area contributed by atoms with E-state index in [9.17, 15) is 9.59 Å². The maximum Gasteiger partial charge on any atom is 0.290 e. The third-order valence-electron chi connectivity index (χ3n) is 3.97. The molecule has 134 valence electrons. The minimum absolute atomic E-state index is 0.129. The standard InChI is InChI=1S/C19H16Cl2N2O3/c1-11-13-5-3-4-6-16(13)26-18(11)19(25)23(2)10-17(24)22-12-7-8-14(20)15(21)9-12/h3-9H,10H2,1-2H3,(H,22,24). The summed E-state index contributed by atoms with van der Waals surface area (Å²) >= 11 is 11.8. The highest BCUT2D eigenvalue weighted by atomic mass is 35.5. The van der Waals surface area contributed by atoms with Crippen LogP contribution in [0, 0.1) is 6.92 Å². The summed E-state index contributed by atoms with van der Waals surface area (Å²) in [6.45, 7) is 1.69. The molecule has 1 aromatic heterocycles. The predicted molar refractivity (Wildman–Crippen MR) is 103 cm³/mol. The number of hydrogen-bond acceptors (Lipinski definition) is 3. The molecule has 1 heterocycles. The smallest absolute Gasteiger partial charge is 0.290 e. The van der Waals surface area contributed by atoms with E-state index in [0.29, 0.717) is 21.3 Å². The van der Waals surface area contributed by atoms with Gasteiger partial charge in [-0.2, -0.15) is 0 Å². The SMILES string of the molecule is Cc1c(C(=O)N(C)CC(=O)Nc2ccc(Cl)c(Cl)c2)oc2ccccc12. The number of carbonyl (C=O) groups is 2. The Morgan fingerprint density at radius 3 is 2.54 bits per heavy atom. The number of furan rings is 1. The molecule has 0 fully saturated rings. The lowest BCUT2D eigenvalue weighted by molar-refractivity contribution is -0.116. The van der Waals surface area contributed by atoms with E-state index in [-0.39, 0.29) is 24.1 Å². The molecule has 2 aromatic carbocycles. The first-order valence-electron chi connectivity index (χ1n) is 7.85. The van der Waals surface area contributed by atoms with E-state index in [1.54, 1.807) is 31.3 Å². The number of anilines is 1. The van der Waals surface area contributed by atoms with Crippen molar-refractivity contribution < 1.29 is 14.0 Å². The zero-order valence-corrected chi connectivity index (χ0v) is 15.7. The highest BCUT2D eigenvalue weighted by Gasteiger charge is 2.22. The molecule has 1 N–H and O–H groups in total. The number of fused-ring (bicyclic) bond motifs is 1. The average molecular weight is 391 g/mol. The van der Waals surface area contributed by atoms with Crippen molar-refractivity contribution in [1.82, 2.24) is 4.90 Å². The van der Waals surface area contributed by atoms with Crippen LogP contribution in [-0.2, 0) is 4.79 Å². The molecule has 2 amide bonds. The minimum atomic E-state index is -0.358. The molecule has 0 aliphatic heterocycles. The van der Waals surface area contributed by atoms with Crippen LogP contribution in [-0.4, -0.2) is 30.3 Å². The van der Waals surface area contributed by atoms with Gasteiger partial charge in [-0.25, -0.2) is 0 Å². The Balaban J connectivity index is 1.70. The number of nitrogens with zero attached hydrogens (tertiary/aromatic N) is 1. The Morgan fingerprint density at radius 2 is 1.85 bits per heavy atom. The molecule has 3 aromatic rings. The summed E-state index contributed by atoms with van der Waals surface area (Å²) in [7, 11) is 1.55. The molecule has 0 saturated heterocycles. The summed E-state index contributed by atoms with van der Waals surface area (Å²) in [6.07, 6.45) is 0. The molecule has 0 aliphatic rings. The molecule has 0 saturated carbocycles. The summed E-state index contributed by atoms with van der Waals surface area (Å²) in [5.41, 5.74) is 1.90. The van der Waals surface area contributed by atoms with Gasteiger partial charge in [0, 0.05) is 23.7 Å². The van der Waals surface area contributed by atoms with Crippen LogP contribution in [0.15, 0.2) is 46.9 Å². The maximum absolute atomic E-state index is 12.6. The lowest BCUT2D eigenvalue weighted by atomic mass is 10.1. The molecule has 0 atom stereocenters. The quantitative estimate of drug-likeness (QED) is 0.698. The van der Waals surface area contributed by atoms with Crippen molar-refractivity contribution in [3.05, 3.63) is 63.8 Å². The Bertz CT molecular complexity index is 998. The molecular formula is C19H16Cl2N2O3. The van der Waals surface area contributed by atoms with E-state index in [1.807, 2.05) is 25.1 Å². The number of benzene rings is 2. The number of nitrogens with one attached hydrogen (secondary N) is 1. The monoisotopic (exact) mass is 390 g/mol. The van der Waals surface area contributed by atoms with Crippen LogP contribution in [0.2, 0.25) is 10.0 Å². The number of likely N-dealkylation sites (N-methyl/N-ethyl adjacent to an activating group) is 1. The summed E-state index contributed by atoms with van der Waals surface area (Å²) in [5.74, 6) is -0.480. The van der Waals surface area contributed by atoms with Gasteiger partial charge in [-0.05, 0) is 31.2 Å². The average Bonchev–Trinajstić information content (AvgIpc) is 2.94. The fourth-order valence-corrected chi connectivity index (χ4v) is 2.91. The van der Waals surface area contributed by atoms with Crippen molar-refractivity contribution in [3.8, 4) is 0 Å². The lowest BCUT2D eigenvalue weighted by Crippen LogP contribution is -2.35. The number of para-hydroxylation sites is 1. The largest absolute Gasteiger partial charge is 0.451 e. The van der Waals surface area contributed by atoms with Crippen molar-refractivity contribution in [1.29, 1.82) is 0 Å². The molecule has 7 heteroatoms. The predicted octanol–water partition coefficient (Wildman–Crippen LogP) is 4.76. The third-order valence-corrected chi connectivity index (χ3v) is 4.71. The van der Waals surface area contributed by atoms with Crippen LogP contribution in [0.1, 0.15) is 16.1 Å². The molecule has 26 heavy (non-hydrogen) atoms. The van der Waals surface area contributed by atoms with Gasteiger partial charge < -0.3 is 14.6 Å². The Kier molecular flexibility index (Phi) is 5.20. The Hall–Kier alpha value is -2.50. The van der Waals surface area contributed by atoms with E-state index >= 15 is 0 Å². The van der Waals surface area contributed by atoms with Crippen LogP contribution >= 0.6 is 23.2 Å². The van der Waals surface area contributed by atoms with Gasteiger partial charge in [0.15, 0.2) is 5.76 Å². The zero-order valence-electron chi connectivity index (χ0n) is 14.2. The molecule has 0 bridgehead atoms. The second-order valence-electron chi connectivity index (χ2n) is 5.89. The fourth-order valence-electron chi connectivity index (χ4n) is 2.61. The molecule has 3 rings (SSSR count). The summed E-state index contributed by atoms with van der Waals surface area (Å²) in [4.78, 5) is 26.1. The van der Waals surface area contributed by atoms with E-state index in [1.165, 1.54) is 4.90 Å². The second-order valence-corrected chi connectivity index (χ2v) is 6.71. The first-order chi connectivity index (χ1) is 12.4. The molecule has 0 radical (unpaired) electrons. The van der Waals surface area contributed by atoms with Crippen molar-refractivity contribution in [3.63, 3.8) is 0 Å². The van der Waals surface area contributed by atoms with Crippen LogP contribution < -0.4 is 5.32 Å². The van der Waals surface area contributed by atoms with Gasteiger partial charge in [0.25, 0.3) is 5.91 Å². The first kappa shape index (κ1) is 18.3. The molecule has 0 aliphatic carbocycles. The van der Waals surface area contributed by atoms with Gasteiger partial charge in [-0.15, -0.1) is 0 Å². The van der Waals surface area contributed by atoms with Crippen molar-refractivity contribution in [2.45, 2.75) is 6.92 Å².